The Kier molecular flexibility index (Phi) is 5.94. The summed E-state index contributed by atoms with van der Waals surface area (Å²) in [5.41, 5.74) is 7.11. The molecule has 6 heteroatoms. The molecule has 0 aliphatic heterocycles. The standard InChI is InChI=1S/C17H16BrN3O2/c1-12(13-7-3-2-4-8-13)20-21-16(22)11-19-17(23)14-9-5-6-10-15(14)18/h2-10,20H,1,11H2,(H,19,23)(H,21,22). The molecule has 2 aromatic carbocycles. The fourth-order valence-electron chi connectivity index (χ4n) is 1.80. The quantitative estimate of drug-likeness (QED) is 0.681. The Morgan fingerprint density at radius 3 is 2.30 bits per heavy atom. The number of hydrazine groups is 1. The molecule has 0 saturated carbocycles. The maximum atomic E-state index is 12.0. The lowest BCUT2D eigenvalue weighted by molar-refractivity contribution is -0.120. The summed E-state index contributed by atoms with van der Waals surface area (Å²) in [6.45, 7) is 3.69. The molecule has 2 amide bonds. The lowest BCUT2D eigenvalue weighted by atomic mass is 10.2. The molecule has 0 unspecified atom stereocenters. The first kappa shape index (κ1) is 16.8. The van der Waals surface area contributed by atoms with Gasteiger partial charge in [0.2, 0.25) is 0 Å². The third kappa shape index (κ3) is 4.96. The molecule has 0 aliphatic rings. The van der Waals surface area contributed by atoms with Crippen molar-refractivity contribution in [3.63, 3.8) is 0 Å². The molecule has 2 aromatic rings. The average Bonchev–Trinajstić information content (AvgIpc) is 2.58. The van der Waals surface area contributed by atoms with Crippen molar-refractivity contribution >= 4 is 33.4 Å². The average molecular weight is 374 g/mol. The molecular weight excluding hydrogens is 358 g/mol. The van der Waals surface area contributed by atoms with Gasteiger partial charge in [-0.05, 0) is 33.6 Å². The molecule has 118 valence electrons. The largest absolute Gasteiger partial charge is 0.343 e. The summed E-state index contributed by atoms with van der Waals surface area (Å²) in [4.78, 5) is 23.7. The number of carbonyl (C=O) groups excluding carboxylic acids is 2. The minimum absolute atomic E-state index is 0.144. The number of rotatable bonds is 6. The fraction of sp³-hybridized carbons (Fsp3) is 0.0588. The van der Waals surface area contributed by atoms with Gasteiger partial charge in [0.15, 0.2) is 0 Å². The van der Waals surface area contributed by atoms with E-state index >= 15 is 0 Å². The maximum absolute atomic E-state index is 12.0. The van der Waals surface area contributed by atoms with Gasteiger partial charge in [-0.15, -0.1) is 0 Å². The van der Waals surface area contributed by atoms with E-state index < -0.39 is 0 Å². The van der Waals surface area contributed by atoms with Crippen LogP contribution in [0.1, 0.15) is 15.9 Å². The van der Waals surface area contributed by atoms with E-state index in [0.717, 1.165) is 5.56 Å². The van der Waals surface area contributed by atoms with Gasteiger partial charge >= 0.3 is 0 Å². The van der Waals surface area contributed by atoms with Gasteiger partial charge in [0.05, 0.1) is 17.8 Å². The van der Waals surface area contributed by atoms with E-state index in [4.69, 9.17) is 0 Å². The molecular formula is C17H16BrN3O2. The molecule has 0 fully saturated rings. The van der Waals surface area contributed by atoms with E-state index in [1.807, 2.05) is 36.4 Å². The molecule has 3 N–H and O–H groups in total. The molecule has 23 heavy (non-hydrogen) atoms. The van der Waals surface area contributed by atoms with Gasteiger partial charge in [-0.1, -0.05) is 49.0 Å². The summed E-state index contributed by atoms with van der Waals surface area (Å²) in [7, 11) is 0. The van der Waals surface area contributed by atoms with Gasteiger partial charge in [-0.2, -0.15) is 0 Å². The van der Waals surface area contributed by atoms with Crippen molar-refractivity contribution in [2.24, 2.45) is 0 Å². The topological polar surface area (TPSA) is 70.2 Å². The second-order valence-corrected chi connectivity index (χ2v) is 5.53. The van der Waals surface area contributed by atoms with E-state index in [9.17, 15) is 9.59 Å². The van der Waals surface area contributed by atoms with Crippen molar-refractivity contribution in [2.75, 3.05) is 6.54 Å². The normalized spacial score (nSPS) is 9.78. The zero-order valence-electron chi connectivity index (χ0n) is 12.3. The third-order valence-electron chi connectivity index (χ3n) is 3.00. The Balaban J connectivity index is 1.78. The zero-order valence-corrected chi connectivity index (χ0v) is 13.9. The van der Waals surface area contributed by atoms with Crippen LogP contribution in [0.5, 0.6) is 0 Å². The molecule has 0 radical (unpaired) electrons. The highest BCUT2D eigenvalue weighted by Gasteiger charge is 2.10. The van der Waals surface area contributed by atoms with Crippen molar-refractivity contribution in [1.82, 2.24) is 16.2 Å². The summed E-state index contributed by atoms with van der Waals surface area (Å²) >= 11 is 3.29. The van der Waals surface area contributed by atoms with Crippen LogP contribution in [-0.2, 0) is 4.79 Å². The Labute approximate surface area is 142 Å². The van der Waals surface area contributed by atoms with E-state index in [2.05, 4.69) is 38.7 Å². The number of halogens is 1. The highest BCUT2D eigenvalue weighted by atomic mass is 79.9. The van der Waals surface area contributed by atoms with Crippen molar-refractivity contribution in [2.45, 2.75) is 0 Å². The molecule has 0 spiro atoms. The Morgan fingerprint density at radius 1 is 0.957 bits per heavy atom. The lowest BCUT2D eigenvalue weighted by Gasteiger charge is -2.12. The van der Waals surface area contributed by atoms with E-state index in [1.54, 1.807) is 18.2 Å². The SMILES string of the molecule is C=C(NNC(=O)CNC(=O)c1ccccc1Br)c1ccccc1. The molecule has 0 aliphatic carbocycles. The van der Waals surface area contributed by atoms with E-state index in [1.165, 1.54) is 0 Å². The third-order valence-corrected chi connectivity index (χ3v) is 3.69. The van der Waals surface area contributed by atoms with Gasteiger partial charge in [0.25, 0.3) is 11.8 Å². The summed E-state index contributed by atoms with van der Waals surface area (Å²) in [5, 5.41) is 2.55. The van der Waals surface area contributed by atoms with Gasteiger partial charge in [-0.3, -0.25) is 20.4 Å². The first-order valence-corrected chi connectivity index (χ1v) is 7.69. The van der Waals surface area contributed by atoms with E-state index in [-0.39, 0.29) is 18.4 Å². The van der Waals surface area contributed by atoms with Crippen LogP contribution in [0.3, 0.4) is 0 Å². The predicted octanol–water partition coefficient (Wildman–Crippen LogP) is 2.47. The fourth-order valence-corrected chi connectivity index (χ4v) is 2.27. The number of hydrogen-bond donors (Lipinski definition) is 3. The number of hydrogen-bond acceptors (Lipinski definition) is 3. The van der Waals surface area contributed by atoms with E-state index in [0.29, 0.717) is 15.7 Å². The van der Waals surface area contributed by atoms with Crippen molar-refractivity contribution < 1.29 is 9.59 Å². The summed E-state index contributed by atoms with van der Waals surface area (Å²) in [6.07, 6.45) is 0. The summed E-state index contributed by atoms with van der Waals surface area (Å²) in [5.74, 6) is -0.697. The Bertz CT molecular complexity index is 717. The van der Waals surface area contributed by atoms with Crippen LogP contribution in [0.2, 0.25) is 0 Å². The predicted molar refractivity (Wildman–Crippen MR) is 93.2 cm³/mol. The number of benzene rings is 2. The lowest BCUT2D eigenvalue weighted by Crippen LogP contribution is -2.42. The molecule has 0 bridgehead atoms. The van der Waals surface area contributed by atoms with Crippen molar-refractivity contribution in [1.29, 1.82) is 0 Å². The molecule has 0 atom stereocenters. The van der Waals surface area contributed by atoms with Crippen LogP contribution >= 0.6 is 15.9 Å². The van der Waals surface area contributed by atoms with Gasteiger partial charge in [0.1, 0.15) is 0 Å². The van der Waals surface area contributed by atoms with Crippen LogP contribution < -0.4 is 16.2 Å². The highest BCUT2D eigenvalue weighted by Crippen LogP contribution is 2.15. The molecule has 0 saturated heterocycles. The minimum Gasteiger partial charge on any atom is -0.343 e. The number of amides is 2. The van der Waals surface area contributed by atoms with Crippen LogP contribution in [0, 0.1) is 0 Å². The molecule has 0 aromatic heterocycles. The number of nitrogens with one attached hydrogen (secondary N) is 3. The monoisotopic (exact) mass is 373 g/mol. The summed E-state index contributed by atoms with van der Waals surface area (Å²) < 4.78 is 0.675. The molecule has 0 heterocycles. The second-order valence-electron chi connectivity index (χ2n) is 4.68. The summed E-state index contributed by atoms with van der Waals surface area (Å²) in [6, 6.07) is 16.4. The Morgan fingerprint density at radius 2 is 1.61 bits per heavy atom. The first-order chi connectivity index (χ1) is 11.1. The van der Waals surface area contributed by atoms with Crippen molar-refractivity contribution in [3.8, 4) is 0 Å². The smallest absolute Gasteiger partial charge is 0.257 e. The van der Waals surface area contributed by atoms with Crippen LogP contribution in [0.15, 0.2) is 65.6 Å². The first-order valence-electron chi connectivity index (χ1n) is 6.90. The van der Waals surface area contributed by atoms with Crippen LogP contribution in [0.4, 0.5) is 0 Å². The molecule has 2 rings (SSSR count). The van der Waals surface area contributed by atoms with Crippen LogP contribution in [0.25, 0.3) is 5.70 Å². The minimum atomic E-state index is -0.373. The Hall–Kier alpha value is -2.60. The maximum Gasteiger partial charge on any atom is 0.257 e. The zero-order chi connectivity index (χ0) is 16.7. The number of carbonyl (C=O) groups is 2. The second kappa shape index (κ2) is 8.14. The highest BCUT2D eigenvalue weighted by molar-refractivity contribution is 9.10. The molecule has 5 nitrogen and oxygen atoms in total. The van der Waals surface area contributed by atoms with Gasteiger partial charge in [-0.25, -0.2) is 0 Å². The van der Waals surface area contributed by atoms with Gasteiger partial charge < -0.3 is 5.32 Å². The van der Waals surface area contributed by atoms with Gasteiger partial charge in [0, 0.05) is 4.47 Å². The van der Waals surface area contributed by atoms with Crippen LogP contribution in [-0.4, -0.2) is 18.4 Å². The van der Waals surface area contributed by atoms with Crippen molar-refractivity contribution in [3.05, 3.63) is 76.8 Å².